The van der Waals surface area contributed by atoms with Crippen molar-refractivity contribution in [1.82, 2.24) is 0 Å². The largest absolute Gasteiger partial charge is 0.124 e. The average molecular weight is 227 g/mol. The highest BCUT2D eigenvalue weighted by Crippen LogP contribution is 2.13. The number of hydrogen-bond acceptors (Lipinski definition) is 0. The van der Waals surface area contributed by atoms with E-state index in [-0.39, 0.29) is 0 Å². The molecule has 3 heteroatoms. The molecule has 1 aromatic carbocycles. The van der Waals surface area contributed by atoms with E-state index in [1.165, 1.54) is 0 Å². The summed E-state index contributed by atoms with van der Waals surface area (Å²) in [5.41, 5.74) is 1.03. The second-order valence-electron chi connectivity index (χ2n) is 2.08. The standard InChI is InChI=1S/C8H5BBrCl/c9-8(10)5-6-1-3-7(11)4-2-6/h1-5H/b8-5-. The minimum atomic E-state index is 0.611. The van der Waals surface area contributed by atoms with Gasteiger partial charge in [-0.2, -0.15) is 0 Å². The summed E-state index contributed by atoms with van der Waals surface area (Å²) in [5, 5.41) is 0.732. The zero-order valence-corrected chi connectivity index (χ0v) is 8.06. The van der Waals surface area contributed by atoms with Crippen LogP contribution in [0, 0.1) is 0 Å². The van der Waals surface area contributed by atoms with Crippen molar-refractivity contribution in [3.63, 3.8) is 0 Å². The van der Waals surface area contributed by atoms with Crippen LogP contribution < -0.4 is 0 Å². The lowest BCUT2D eigenvalue weighted by Gasteiger charge is -1.93. The first-order valence-electron chi connectivity index (χ1n) is 3.07. The zero-order chi connectivity index (χ0) is 8.27. The highest BCUT2D eigenvalue weighted by molar-refractivity contribution is 9.12. The van der Waals surface area contributed by atoms with Crippen molar-refractivity contribution >= 4 is 41.5 Å². The first-order chi connectivity index (χ1) is 5.18. The topological polar surface area (TPSA) is 0 Å². The predicted octanol–water partition coefficient (Wildman–Crippen LogP) is 3.20. The Morgan fingerprint density at radius 3 is 2.36 bits per heavy atom. The molecule has 0 N–H and O–H groups in total. The fourth-order valence-electron chi connectivity index (χ4n) is 0.718. The zero-order valence-electron chi connectivity index (χ0n) is 5.72. The Morgan fingerprint density at radius 1 is 1.36 bits per heavy atom. The number of halogens is 2. The first kappa shape index (κ1) is 8.89. The molecule has 0 aliphatic heterocycles. The van der Waals surface area contributed by atoms with Gasteiger partial charge >= 0.3 is 0 Å². The summed E-state index contributed by atoms with van der Waals surface area (Å²) in [5.74, 6) is 0. The summed E-state index contributed by atoms with van der Waals surface area (Å²) in [6, 6.07) is 7.44. The second-order valence-corrected chi connectivity index (χ2v) is 3.43. The number of rotatable bonds is 1. The molecule has 0 saturated carbocycles. The molecule has 0 aliphatic rings. The molecule has 0 heterocycles. The maximum Gasteiger partial charge on any atom is 0.124 e. The van der Waals surface area contributed by atoms with Gasteiger partial charge in [0.25, 0.3) is 0 Å². The molecule has 0 amide bonds. The van der Waals surface area contributed by atoms with Gasteiger partial charge in [0, 0.05) is 5.02 Å². The van der Waals surface area contributed by atoms with Gasteiger partial charge in [0.05, 0.1) is 0 Å². The number of hydrogen-bond donors (Lipinski definition) is 0. The smallest absolute Gasteiger partial charge is 0.0843 e. The van der Waals surface area contributed by atoms with Gasteiger partial charge in [-0.1, -0.05) is 50.1 Å². The molecule has 11 heavy (non-hydrogen) atoms. The van der Waals surface area contributed by atoms with Crippen molar-refractivity contribution in [2.45, 2.75) is 0 Å². The van der Waals surface area contributed by atoms with E-state index >= 15 is 0 Å². The van der Waals surface area contributed by atoms with E-state index in [2.05, 4.69) is 15.9 Å². The van der Waals surface area contributed by atoms with Gasteiger partial charge in [-0.25, -0.2) is 0 Å². The Hall–Kier alpha value is -0.205. The highest BCUT2D eigenvalue weighted by Gasteiger charge is 1.87. The fraction of sp³-hybridized carbons (Fsp3) is 0. The first-order valence-corrected chi connectivity index (χ1v) is 4.24. The van der Waals surface area contributed by atoms with Crippen LogP contribution in [0.25, 0.3) is 6.08 Å². The monoisotopic (exact) mass is 226 g/mol. The Labute approximate surface area is 80.8 Å². The van der Waals surface area contributed by atoms with Crippen LogP contribution in [0.1, 0.15) is 5.56 Å². The molecule has 2 radical (unpaired) electrons. The molecule has 1 aromatic rings. The fourth-order valence-corrected chi connectivity index (χ4v) is 1.11. The van der Waals surface area contributed by atoms with E-state index in [1.807, 2.05) is 30.3 Å². The SMILES string of the molecule is [B]/C(Br)=C/c1ccc(Cl)cc1. The lowest BCUT2D eigenvalue weighted by Crippen LogP contribution is -1.72. The minimum Gasteiger partial charge on any atom is -0.0843 e. The highest BCUT2D eigenvalue weighted by atomic mass is 79.9. The lowest BCUT2D eigenvalue weighted by atomic mass is 10.1. The van der Waals surface area contributed by atoms with Crippen LogP contribution in [0.2, 0.25) is 5.02 Å². The van der Waals surface area contributed by atoms with E-state index in [0.29, 0.717) is 4.38 Å². The minimum absolute atomic E-state index is 0.611. The van der Waals surface area contributed by atoms with Crippen molar-refractivity contribution in [3.8, 4) is 0 Å². The normalized spacial score (nSPS) is 11.6. The van der Waals surface area contributed by atoms with Crippen molar-refractivity contribution in [1.29, 1.82) is 0 Å². The van der Waals surface area contributed by atoms with Gasteiger partial charge in [0.2, 0.25) is 0 Å². The Kier molecular flexibility index (Phi) is 3.22. The van der Waals surface area contributed by atoms with Crippen LogP contribution >= 0.6 is 27.5 Å². The third-order valence-electron chi connectivity index (χ3n) is 1.17. The molecule has 0 spiro atoms. The van der Waals surface area contributed by atoms with Crippen LogP contribution in [0.15, 0.2) is 28.6 Å². The molecular weight excluding hydrogens is 222 g/mol. The second kappa shape index (κ2) is 3.98. The van der Waals surface area contributed by atoms with Crippen LogP contribution in [0.3, 0.4) is 0 Å². The molecule has 0 nitrogen and oxygen atoms in total. The van der Waals surface area contributed by atoms with Gasteiger partial charge in [-0.3, -0.25) is 0 Å². The number of benzene rings is 1. The summed E-state index contributed by atoms with van der Waals surface area (Å²) in [7, 11) is 5.41. The third kappa shape index (κ3) is 3.13. The summed E-state index contributed by atoms with van der Waals surface area (Å²) in [6.07, 6.45) is 1.82. The Bertz CT molecular complexity index is 262. The van der Waals surface area contributed by atoms with Crippen molar-refractivity contribution < 1.29 is 0 Å². The van der Waals surface area contributed by atoms with E-state index in [4.69, 9.17) is 19.4 Å². The van der Waals surface area contributed by atoms with Crippen molar-refractivity contribution in [2.24, 2.45) is 0 Å². The van der Waals surface area contributed by atoms with Gasteiger partial charge < -0.3 is 0 Å². The summed E-state index contributed by atoms with van der Waals surface area (Å²) >= 11 is 8.82. The van der Waals surface area contributed by atoms with Crippen LogP contribution in [0.4, 0.5) is 0 Å². The molecule has 0 fully saturated rings. The molecule has 0 atom stereocenters. The summed E-state index contributed by atoms with van der Waals surface area (Å²) < 4.78 is 0.611. The Balaban J connectivity index is 2.91. The quantitative estimate of drug-likeness (QED) is 0.646. The molecule has 0 aliphatic carbocycles. The average Bonchev–Trinajstić information content (AvgIpc) is 1.93. The van der Waals surface area contributed by atoms with E-state index in [9.17, 15) is 0 Å². The van der Waals surface area contributed by atoms with Gasteiger partial charge in [0.1, 0.15) is 7.85 Å². The molecule has 0 saturated heterocycles. The molecule has 1 rings (SSSR count). The van der Waals surface area contributed by atoms with Gasteiger partial charge in [-0.15, -0.1) is 0 Å². The molecule has 0 aromatic heterocycles. The lowest BCUT2D eigenvalue weighted by molar-refractivity contribution is 1.66. The van der Waals surface area contributed by atoms with Crippen molar-refractivity contribution in [3.05, 3.63) is 39.2 Å². The molecule has 0 unspecified atom stereocenters. The van der Waals surface area contributed by atoms with Gasteiger partial charge in [0.15, 0.2) is 0 Å². The summed E-state index contributed by atoms with van der Waals surface area (Å²) in [4.78, 5) is 0. The molecular formula is C8H5BBrCl. The van der Waals surface area contributed by atoms with Crippen molar-refractivity contribution in [2.75, 3.05) is 0 Å². The molecule has 54 valence electrons. The summed E-state index contributed by atoms with van der Waals surface area (Å²) in [6.45, 7) is 0. The van der Waals surface area contributed by atoms with Crippen LogP contribution in [-0.4, -0.2) is 7.85 Å². The van der Waals surface area contributed by atoms with E-state index in [1.54, 1.807) is 0 Å². The molecule has 0 bridgehead atoms. The van der Waals surface area contributed by atoms with Crippen LogP contribution in [-0.2, 0) is 0 Å². The maximum atomic E-state index is 5.68. The van der Waals surface area contributed by atoms with E-state index < -0.39 is 0 Å². The van der Waals surface area contributed by atoms with Gasteiger partial charge in [-0.05, 0) is 17.7 Å². The Morgan fingerprint density at radius 2 is 1.91 bits per heavy atom. The predicted molar refractivity (Wildman–Crippen MR) is 54.1 cm³/mol. The van der Waals surface area contributed by atoms with E-state index in [0.717, 1.165) is 10.6 Å². The van der Waals surface area contributed by atoms with Crippen LogP contribution in [0.5, 0.6) is 0 Å². The maximum absolute atomic E-state index is 5.68. The third-order valence-corrected chi connectivity index (χ3v) is 1.66.